The van der Waals surface area contributed by atoms with E-state index in [1.165, 1.54) is 12.8 Å². The van der Waals surface area contributed by atoms with Crippen LogP contribution in [0.5, 0.6) is 17.2 Å². The second-order valence-electron chi connectivity index (χ2n) is 4.54. The quantitative estimate of drug-likeness (QED) is 0.867. The average molecular weight is 235 g/mol. The molecule has 0 radical (unpaired) electrons. The summed E-state index contributed by atoms with van der Waals surface area (Å²) in [5, 5.41) is 3.39. The van der Waals surface area contributed by atoms with Crippen molar-refractivity contribution in [3.05, 3.63) is 18.2 Å². The van der Waals surface area contributed by atoms with E-state index in [4.69, 9.17) is 14.2 Å². The first-order valence-corrected chi connectivity index (χ1v) is 6.15. The van der Waals surface area contributed by atoms with Gasteiger partial charge in [0.25, 0.3) is 0 Å². The minimum atomic E-state index is 0.311. The van der Waals surface area contributed by atoms with Crippen LogP contribution in [0, 0.1) is 5.92 Å². The zero-order valence-electron chi connectivity index (χ0n) is 9.78. The van der Waals surface area contributed by atoms with E-state index in [0.717, 1.165) is 36.9 Å². The fraction of sp³-hybridized carbons (Fsp3) is 0.538. The van der Waals surface area contributed by atoms with Gasteiger partial charge in [-0.3, -0.25) is 0 Å². The van der Waals surface area contributed by atoms with Gasteiger partial charge in [0.2, 0.25) is 6.79 Å². The summed E-state index contributed by atoms with van der Waals surface area (Å²) in [4.78, 5) is 0. The summed E-state index contributed by atoms with van der Waals surface area (Å²) in [5.74, 6) is 3.06. The number of rotatable bonds is 3. The van der Waals surface area contributed by atoms with Gasteiger partial charge in [-0.2, -0.15) is 0 Å². The molecule has 0 amide bonds. The predicted molar refractivity (Wildman–Crippen MR) is 63.7 cm³/mol. The lowest BCUT2D eigenvalue weighted by molar-refractivity contribution is 0.173. The van der Waals surface area contributed by atoms with Crippen LogP contribution in [-0.2, 0) is 0 Å². The molecular formula is C13H17NO3. The fourth-order valence-electron chi connectivity index (χ4n) is 2.25. The fourth-order valence-corrected chi connectivity index (χ4v) is 2.25. The van der Waals surface area contributed by atoms with Crippen LogP contribution < -0.4 is 19.5 Å². The Morgan fingerprint density at radius 1 is 1.29 bits per heavy atom. The van der Waals surface area contributed by atoms with Gasteiger partial charge in [0, 0.05) is 18.5 Å². The van der Waals surface area contributed by atoms with Crippen LogP contribution in [0.3, 0.4) is 0 Å². The van der Waals surface area contributed by atoms with E-state index in [0.29, 0.717) is 12.7 Å². The lowest BCUT2D eigenvalue weighted by atomic mass is 10.0. The molecular weight excluding hydrogens is 218 g/mol. The molecule has 3 rings (SSSR count). The second kappa shape index (κ2) is 4.84. The summed E-state index contributed by atoms with van der Waals surface area (Å²) in [6.07, 6.45) is 2.49. The maximum Gasteiger partial charge on any atom is 0.231 e. The molecule has 2 aliphatic heterocycles. The van der Waals surface area contributed by atoms with Crippen molar-refractivity contribution in [3.63, 3.8) is 0 Å². The van der Waals surface area contributed by atoms with Gasteiger partial charge >= 0.3 is 0 Å². The molecule has 0 aromatic heterocycles. The molecule has 1 N–H and O–H groups in total. The van der Waals surface area contributed by atoms with Crippen molar-refractivity contribution in [1.82, 2.24) is 5.32 Å². The van der Waals surface area contributed by atoms with E-state index >= 15 is 0 Å². The third kappa shape index (κ3) is 2.47. The summed E-state index contributed by atoms with van der Waals surface area (Å²) in [6, 6.07) is 5.74. The van der Waals surface area contributed by atoms with Crippen molar-refractivity contribution >= 4 is 0 Å². The van der Waals surface area contributed by atoms with E-state index < -0.39 is 0 Å². The van der Waals surface area contributed by atoms with E-state index in [2.05, 4.69) is 5.32 Å². The molecule has 4 heteroatoms. The third-order valence-corrected chi connectivity index (χ3v) is 3.23. The minimum Gasteiger partial charge on any atom is -0.493 e. The third-order valence-electron chi connectivity index (χ3n) is 3.23. The Labute approximate surface area is 101 Å². The van der Waals surface area contributed by atoms with Gasteiger partial charge in [-0.25, -0.2) is 0 Å². The monoisotopic (exact) mass is 235 g/mol. The van der Waals surface area contributed by atoms with Crippen molar-refractivity contribution in [2.75, 3.05) is 26.5 Å². The molecule has 1 fully saturated rings. The molecule has 1 saturated heterocycles. The van der Waals surface area contributed by atoms with E-state index in [1.807, 2.05) is 18.2 Å². The van der Waals surface area contributed by atoms with Crippen LogP contribution in [0.15, 0.2) is 18.2 Å². The van der Waals surface area contributed by atoms with Crippen LogP contribution in [0.25, 0.3) is 0 Å². The number of hydrogen-bond donors (Lipinski definition) is 1. The van der Waals surface area contributed by atoms with Crippen molar-refractivity contribution < 1.29 is 14.2 Å². The molecule has 1 aromatic rings. The molecule has 0 aliphatic carbocycles. The maximum absolute atomic E-state index is 5.80. The maximum atomic E-state index is 5.80. The topological polar surface area (TPSA) is 39.7 Å². The summed E-state index contributed by atoms with van der Waals surface area (Å²) in [6.45, 7) is 3.28. The zero-order chi connectivity index (χ0) is 11.5. The number of ether oxygens (including phenoxy) is 3. The highest BCUT2D eigenvalue weighted by Gasteiger charge is 2.16. The number of hydrogen-bond acceptors (Lipinski definition) is 4. The Hall–Kier alpha value is -1.42. The zero-order valence-corrected chi connectivity index (χ0v) is 9.78. The summed E-state index contributed by atoms with van der Waals surface area (Å²) in [7, 11) is 0. The highest BCUT2D eigenvalue weighted by atomic mass is 16.7. The van der Waals surface area contributed by atoms with Crippen molar-refractivity contribution in [2.24, 2.45) is 5.92 Å². The molecule has 0 bridgehead atoms. The molecule has 2 aliphatic rings. The Morgan fingerprint density at radius 2 is 2.24 bits per heavy atom. The molecule has 4 nitrogen and oxygen atoms in total. The lowest BCUT2D eigenvalue weighted by Gasteiger charge is -2.22. The number of fused-ring (bicyclic) bond motifs is 1. The van der Waals surface area contributed by atoms with Crippen molar-refractivity contribution in [1.29, 1.82) is 0 Å². The normalized spacial score (nSPS) is 22.5. The second-order valence-corrected chi connectivity index (χ2v) is 4.54. The first-order valence-electron chi connectivity index (χ1n) is 6.15. The minimum absolute atomic E-state index is 0.311. The van der Waals surface area contributed by atoms with Crippen LogP contribution in [0.4, 0.5) is 0 Å². The number of benzene rings is 1. The van der Waals surface area contributed by atoms with Crippen molar-refractivity contribution in [2.45, 2.75) is 12.8 Å². The van der Waals surface area contributed by atoms with Gasteiger partial charge in [-0.1, -0.05) is 0 Å². The molecule has 92 valence electrons. The van der Waals surface area contributed by atoms with Gasteiger partial charge in [0.1, 0.15) is 5.75 Å². The Bertz CT molecular complexity index is 388. The smallest absolute Gasteiger partial charge is 0.231 e. The van der Waals surface area contributed by atoms with E-state index in [-0.39, 0.29) is 0 Å². The number of piperidine rings is 1. The van der Waals surface area contributed by atoms with Crippen LogP contribution >= 0.6 is 0 Å². The van der Waals surface area contributed by atoms with Crippen molar-refractivity contribution in [3.8, 4) is 17.2 Å². The predicted octanol–water partition coefficient (Wildman–Crippen LogP) is 1.79. The van der Waals surface area contributed by atoms with E-state index in [9.17, 15) is 0 Å². The molecule has 1 aromatic carbocycles. The Kier molecular flexibility index (Phi) is 3.05. The van der Waals surface area contributed by atoms with E-state index in [1.54, 1.807) is 0 Å². The highest BCUT2D eigenvalue weighted by Crippen LogP contribution is 2.35. The SMILES string of the molecule is c1cc2c(cc1OCC1CCCNC1)OCO2. The molecule has 17 heavy (non-hydrogen) atoms. The lowest BCUT2D eigenvalue weighted by Crippen LogP contribution is -2.33. The summed E-state index contributed by atoms with van der Waals surface area (Å²) >= 11 is 0. The van der Waals surface area contributed by atoms with Crippen LogP contribution in [0.1, 0.15) is 12.8 Å². The molecule has 0 spiro atoms. The average Bonchev–Trinajstić information content (AvgIpc) is 2.85. The van der Waals surface area contributed by atoms with Gasteiger partial charge in [-0.15, -0.1) is 0 Å². The Morgan fingerprint density at radius 3 is 3.12 bits per heavy atom. The molecule has 1 atom stereocenters. The Balaban J connectivity index is 1.57. The van der Waals surface area contributed by atoms with Gasteiger partial charge in [-0.05, 0) is 31.5 Å². The van der Waals surface area contributed by atoms with Gasteiger partial charge in [0.05, 0.1) is 6.61 Å². The van der Waals surface area contributed by atoms with Gasteiger partial charge < -0.3 is 19.5 Å². The first-order chi connectivity index (χ1) is 8.42. The number of nitrogens with one attached hydrogen (secondary N) is 1. The molecule has 1 unspecified atom stereocenters. The standard InChI is InChI=1S/C13H17NO3/c1-2-10(7-14-5-1)8-15-11-3-4-12-13(6-11)17-9-16-12/h3-4,6,10,14H,1-2,5,7-9H2. The molecule has 2 heterocycles. The summed E-state index contributed by atoms with van der Waals surface area (Å²) in [5.41, 5.74) is 0. The van der Waals surface area contributed by atoms with Crippen LogP contribution in [0.2, 0.25) is 0 Å². The largest absolute Gasteiger partial charge is 0.493 e. The molecule has 0 saturated carbocycles. The first kappa shape index (κ1) is 10.7. The highest BCUT2D eigenvalue weighted by molar-refractivity contribution is 5.46. The van der Waals surface area contributed by atoms with Gasteiger partial charge in [0.15, 0.2) is 11.5 Å². The van der Waals surface area contributed by atoms with Crippen LogP contribution in [-0.4, -0.2) is 26.5 Å². The summed E-state index contributed by atoms with van der Waals surface area (Å²) < 4.78 is 16.4.